The molecule has 4 aromatic rings. The fourth-order valence-corrected chi connectivity index (χ4v) is 3.97. The van der Waals surface area contributed by atoms with Gasteiger partial charge in [-0.2, -0.15) is 0 Å². The maximum absolute atomic E-state index is 9.65. The minimum atomic E-state index is 0.267. The SMILES string of the molecule is Cc1cccc(C)c1-c1noc(C2CC2)c1COc1ccc2cc(O)ccc2c1. The fourth-order valence-electron chi connectivity index (χ4n) is 3.97. The molecule has 3 aromatic carbocycles. The smallest absolute Gasteiger partial charge is 0.147 e. The predicted molar refractivity (Wildman–Crippen MR) is 113 cm³/mol. The number of fused-ring (bicyclic) bond motifs is 1. The van der Waals surface area contributed by atoms with Crippen molar-refractivity contribution in [2.24, 2.45) is 0 Å². The lowest BCUT2D eigenvalue weighted by atomic mass is 9.96. The largest absolute Gasteiger partial charge is 0.508 e. The molecular weight excluding hydrogens is 362 g/mol. The second kappa shape index (κ2) is 6.96. The Morgan fingerprint density at radius 3 is 2.48 bits per heavy atom. The summed E-state index contributed by atoms with van der Waals surface area (Å²) >= 11 is 0. The quantitative estimate of drug-likeness (QED) is 0.440. The number of phenolic OH excluding ortho intramolecular Hbond substituents is 1. The van der Waals surface area contributed by atoms with Crippen LogP contribution in [0, 0.1) is 13.8 Å². The highest BCUT2D eigenvalue weighted by Gasteiger charge is 2.33. The van der Waals surface area contributed by atoms with Gasteiger partial charge in [-0.3, -0.25) is 0 Å². The molecule has 5 rings (SSSR count). The van der Waals surface area contributed by atoms with Crippen molar-refractivity contribution >= 4 is 10.8 Å². The van der Waals surface area contributed by atoms with Crippen molar-refractivity contribution in [1.82, 2.24) is 5.16 Å². The molecule has 1 heterocycles. The van der Waals surface area contributed by atoms with Crippen LogP contribution in [-0.4, -0.2) is 10.3 Å². The molecule has 29 heavy (non-hydrogen) atoms. The van der Waals surface area contributed by atoms with Crippen LogP contribution in [0.3, 0.4) is 0 Å². The van der Waals surface area contributed by atoms with Gasteiger partial charge in [0.25, 0.3) is 0 Å². The Bertz CT molecular complexity index is 1180. The number of hydrogen-bond acceptors (Lipinski definition) is 4. The first-order valence-corrected chi connectivity index (χ1v) is 10.0. The van der Waals surface area contributed by atoms with Gasteiger partial charge >= 0.3 is 0 Å². The molecule has 0 saturated heterocycles. The Labute approximate surface area is 169 Å². The predicted octanol–water partition coefficient (Wildman–Crippen LogP) is 6.27. The van der Waals surface area contributed by atoms with Crippen molar-refractivity contribution in [3.63, 3.8) is 0 Å². The number of hydrogen-bond donors (Lipinski definition) is 1. The maximum Gasteiger partial charge on any atom is 0.147 e. The van der Waals surface area contributed by atoms with Crippen LogP contribution in [0.15, 0.2) is 59.1 Å². The van der Waals surface area contributed by atoms with Crippen LogP contribution in [-0.2, 0) is 6.61 Å². The van der Waals surface area contributed by atoms with E-state index in [9.17, 15) is 5.11 Å². The molecule has 1 aliphatic carbocycles. The van der Waals surface area contributed by atoms with E-state index in [1.54, 1.807) is 12.1 Å². The van der Waals surface area contributed by atoms with Gasteiger partial charge in [0, 0.05) is 11.5 Å². The summed E-state index contributed by atoms with van der Waals surface area (Å²) in [6, 6.07) is 17.5. The van der Waals surface area contributed by atoms with Crippen LogP contribution in [0.2, 0.25) is 0 Å². The lowest BCUT2D eigenvalue weighted by Gasteiger charge is -2.11. The van der Waals surface area contributed by atoms with Crippen LogP contribution in [0.25, 0.3) is 22.0 Å². The van der Waals surface area contributed by atoms with E-state index in [-0.39, 0.29) is 5.75 Å². The minimum absolute atomic E-state index is 0.267. The number of rotatable bonds is 5. The summed E-state index contributed by atoms with van der Waals surface area (Å²) in [6.07, 6.45) is 2.29. The molecular formula is C25H23NO3. The van der Waals surface area contributed by atoms with Gasteiger partial charge in [0.05, 0.1) is 5.56 Å². The number of benzene rings is 3. The molecule has 0 amide bonds. The molecule has 1 N–H and O–H groups in total. The number of ether oxygens (including phenoxy) is 1. The third-order valence-electron chi connectivity index (χ3n) is 5.66. The summed E-state index contributed by atoms with van der Waals surface area (Å²) in [6.45, 7) is 4.64. The number of aromatic nitrogens is 1. The molecule has 0 aliphatic heterocycles. The zero-order valence-corrected chi connectivity index (χ0v) is 16.6. The summed E-state index contributed by atoms with van der Waals surface area (Å²) in [4.78, 5) is 0. The van der Waals surface area contributed by atoms with Gasteiger partial charge < -0.3 is 14.4 Å². The molecule has 0 spiro atoms. The van der Waals surface area contributed by atoms with Crippen LogP contribution >= 0.6 is 0 Å². The van der Waals surface area contributed by atoms with Gasteiger partial charge in [0.2, 0.25) is 0 Å². The van der Waals surface area contributed by atoms with E-state index < -0.39 is 0 Å². The summed E-state index contributed by atoms with van der Waals surface area (Å²) in [5, 5.41) is 16.1. The Morgan fingerprint density at radius 1 is 1.00 bits per heavy atom. The molecule has 146 valence electrons. The van der Waals surface area contributed by atoms with Gasteiger partial charge in [-0.25, -0.2) is 0 Å². The molecule has 0 bridgehead atoms. The average molecular weight is 385 g/mol. The second-order valence-corrected chi connectivity index (χ2v) is 7.90. The first kappa shape index (κ1) is 17.8. The number of phenols is 1. The topological polar surface area (TPSA) is 55.5 Å². The van der Waals surface area contributed by atoms with Crippen molar-refractivity contribution < 1.29 is 14.4 Å². The van der Waals surface area contributed by atoms with E-state index in [2.05, 4.69) is 37.2 Å². The van der Waals surface area contributed by atoms with Gasteiger partial charge in [-0.05, 0) is 72.9 Å². The summed E-state index contributed by atoms with van der Waals surface area (Å²) in [7, 11) is 0. The van der Waals surface area contributed by atoms with Gasteiger partial charge in [0.15, 0.2) is 0 Å². The molecule has 1 aliphatic rings. The fraction of sp³-hybridized carbons (Fsp3) is 0.240. The summed E-state index contributed by atoms with van der Waals surface area (Å²) < 4.78 is 12.0. The molecule has 1 aromatic heterocycles. The highest BCUT2D eigenvalue weighted by atomic mass is 16.5. The van der Waals surface area contributed by atoms with Gasteiger partial charge in [-0.15, -0.1) is 0 Å². The number of aryl methyl sites for hydroxylation is 2. The molecule has 4 heteroatoms. The van der Waals surface area contributed by atoms with E-state index in [4.69, 9.17) is 9.26 Å². The molecule has 0 unspecified atom stereocenters. The van der Waals surface area contributed by atoms with E-state index in [1.807, 2.05) is 24.3 Å². The monoisotopic (exact) mass is 385 g/mol. The van der Waals surface area contributed by atoms with E-state index in [0.717, 1.165) is 51.9 Å². The average Bonchev–Trinajstić information content (AvgIpc) is 3.47. The Balaban J connectivity index is 1.49. The third kappa shape index (κ3) is 3.35. The van der Waals surface area contributed by atoms with Gasteiger partial charge in [0.1, 0.15) is 29.6 Å². The number of nitrogens with zero attached hydrogens (tertiary/aromatic N) is 1. The lowest BCUT2D eigenvalue weighted by Crippen LogP contribution is -2.00. The first-order valence-electron chi connectivity index (χ1n) is 10.0. The van der Waals surface area contributed by atoms with Crippen molar-refractivity contribution in [3.8, 4) is 22.8 Å². The Hall–Kier alpha value is -3.27. The lowest BCUT2D eigenvalue weighted by molar-refractivity contribution is 0.301. The molecule has 0 radical (unpaired) electrons. The molecule has 0 atom stereocenters. The highest BCUT2D eigenvalue weighted by Crippen LogP contribution is 2.45. The van der Waals surface area contributed by atoms with E-state index >= 15 is 0 Å². The molecule has 1 saturated carbocycles. The maximum atomic E-state index is 9.65. The highest BCUT2D eigenvalue weighted by molar-refractivity contribution is 5.85. The Kier molecular flexibility index (Phi) is 4.27. The van der Waals surface area contributed by atoms with E-state index in [0.29, 0.717) is 12.5 Å². The van der Waals surface area contributed by atoms with Crippen LogP contribution in [0.4, 0.5) is 0 Å². The van der Waals surface area contributed by atoms with Crippen molar-refractivity contribution in [2.45, 2.75) is 39.2 Å². The van der Waals surface area contributed by atoms with Gasteiger partial charge in [-0.1, -0.05) is 35.5 Å². The van der Waals surface area contributed by atoms with Crippen molar-refractivity contribution in [1.29, 1.82) is 0 Å². The molecule has 1 fully saturated rings. The minimum Gasteiger partial charge on any atom is -0.508 e. The van der Waals surface area contributed by atoms with Crippen molar-refractivity contribution in [3.05, 3.63) is 77.0 Å². The van der Waals surface area contributed by atoms with Crippen LogP contribution < -0.4 is 4.74 Å². The van der Waals surface area contributed by atoms with Crippen LogP contribution in [0.5, 0.6) is 11.5 Å². The zero-order valence-electron chi connectivity index (χ0n) is 16.6. The normalized spacial score (nSPS) is 13.7. The zero-order chi connectivity index (χ0) is 20.0. The molecule has 4 nitrogen and oxygen atoms in total. The third-order valence-corrected chi connectivity index (χ3v) is 5.66. The summed E-state index contributed by atoms with van der Waals surface area (Å²) in [5.74, 6) is 2.48. The Morgan fingerprint density at radius 2 is 1.72 bits per heavy atom. The summed E-state index contributed by atoms with van der Waals surface area (Å²) in [5.41, 5.74) is 5.46. The first-order chi connectivity index (χ1) is 14.1. The second-order valence-electron chi connectivity index (χ2n) is 7.90. The standard InChI is InChI=1S/C25H23NO3/c1-15-4-3-5-16(2)23(15)24-22(25(29-26-24)17-6-7-17)14-28-21-11-9-18-12-20(27)10-8-19(18)13-21/h3-5,8-13,17,27H,6-7,14H2,1-2H3. The van der Waals surface area contributed by atoms with Crippen molar-refractivity contribution in [2.75, 3.05) is 0 Å². The number of aromatic hydroxyl groups is 1. The van der Waals surface area contributed by atoms with Crippen LogP contribution in [0.1, 0.15) is 41.2 Å². The van der Waals surface area contributed by atoms with E-state index in [1.165, 1.54) is 11.1 Å².